The minimum Gasteiger partial charge on any atom is -0.481 e. The Hall–Kier alpha value is -2.47. The van der Waals surface area contributed by atoms with E-state index in [4.69, 9.17) is 9.57 Å². The number of methoxy groups -OCH3 is 1. The van der Waals surface area contributed by atoms with Gasteiger partial charge in [0.2, 0.25) is 5.88 Å². The van der Waals surface area contributed by atoms with Gasteiger partial charge in [0.05, 0.1) is 19.8 Å². The second-order valence-corrected chi connectivity index (χ2v) is 4.27. The zero-order valence-electron chi connectivity index (χ0n) is 12.0. The van der Waals surface area contributed by atoms with Crippen LogP contribution in [0.3, 0.4) is 0 Å². The van der Waals surface area contributed by atoms with Crippen LogP contribution in [-0.2, 0) is 4.84 Å². The lowest BCUT2D eigenvalue weighted by atomic mass is 10.0. The fraction of sp³-hybridized carbons (Fsp3) is 0.200. The first kappa shape index (κ1) is 14.9. The molecule has 0 N–H and O–H groups in total. The van der Waals surface area contributed by atoms with Gasteiger partial charge in [-0.1, -0.05) is 6.07 Å². The molecule has 2 rings (SSSR count). The number of aromatic nitrogens is 1. The molecule has 0 spiro atoms. The Bertz CT molecular complexity index is 661. The van der Waals surface area contributed by atoms with Crippen LogP contribution in [0.4, 0.5) is 4.39 Å². The molecule has 0 aliphatic carbocycles. The van der Waals surface area contributed by atoms with Crippen molar-refractivity contribution in [3.05, 3.63) is 47.9 Å². The van der Waals surface area contributed by atoms with Crippen molar-refractivity contribution in [1.29, 1.82) is 0 Å². The Kier molecular flexibility index (Phi) is 4.49. The summed E-state index contributed by atoms with van der Waals surface area (Å²) in [6.45, 7) is 0. The van der Waals surface area contributed by atoms with E-state index in [1.807, 2.05) is 0 Å². The van der Waals surface area contributed by atoms with Crippen molar-refractivity contribution < 1.29 is 18.8 Å². The highest BCUT2D eigenvalue weighted by Gasteiger charge is 2.16. The number of pyridine rings is 1. The molecule has 0 atom stereocenters. The predicted octanol–water partition coefficient (Wildman–Crippen LogP) is 2.53. The Morgan fingerprint density at radius 1 is 1.19 bits per heavy atom. The third-order valence-electron chi connectivity index (χ3n) is 3.04. The number of benzene rings is 1. The first-order valence-electron chi connectivity index (χ1n) is 6.19. The molecule has 0 aliphatic heterocycles. The molecular formula is C15H15FN2O3. The largest absolute Gasteiger partial charge is 0.481 e. The second kappa shape index (κ2) is 6.32. The van der Waals surface area contributed by atoms with E-state index >= 15 is 0 Å². The van der Waals surface area contributed by atoms with E-state index in [0.29, 0.717) is 11.4 Å². The van der Waals surface area contributed by atoms with E-state index in [1.165, 1.54) is 33.4 Å². The summed E-state index contributed by atoms with van der Waals surface area (Å²) < 4.78 is 19.1. The summed E-state index contributed by atoms with van der Waals surface area (Å²) in [6.07, 6.45) is 1.57. The standard InChI is InChI=1S/C15H15FN2O3/c1-18(21-3)15(19)12-5-4-10(8-13(12)16)11-6-7-17-14(9-11)20-2/h4-9H,1-3H3. The minimum atomic E-state index is -0.614. The maximum absolute atomic E-state index is 14.1. The van der Waals surface area contributed by atoms with Crippen LogP contribution in [0.2, 0.25) is 0 Å². The van der Waals surface area contributed by atoms with Crippen molar-refractivity contribution in [2.75, 3.05) is 21.3 Å². The maximum Gasteiger partial charge on any atom is 0.280 e. The molecule has 0 saturated heterocycles. The highest BCUT2D eigenvalue weighted by molar-refractivity contribution is 5.94. The number of ether oxygens (including phenoxy) is 1. The normalized spacial score (nSPS) is 10.3. The Morgan fingerprint density at radius 3 is 2.52 bits per heavy atom. The van der Waals surface area contributed by atoms with E-state index in [2.05, 4.69) is 4.98 Å². The topological polar surface area (TPSA) is 51.7 Å². The van der Waals surface area contributed by atoms with Gasteiger partial charge in [-0.15, -0.1) is 0 Å². The van der Waals surface area contributed by atoms with Gasteiger partial charge in [0.1, 0.15) is 5.82 Å². The SMILES string of the molecule is COc1cc(-c2ccc(C(=O)N(C)OC)c(F)c2)ccn1. The van der Waals surface area contributed by atoms with E-state index in [0.717, 1.165) is 10.6 Å². The molecule has 1 aromatic carbocycles. The van der Waals surface area contributed by atoms with Gasteiger partial charge in [-0.25, -0.2) is 14.4 Å². The Balaban J connectivity index is 2.36. The zero-order valence-corrected chi connectivity index (χ0v) is 12.0. The average molecular weight is 290 g/mol. The van der Waals surface area contributed by atoms with Crippen LogP contribution in [-0.4, -0.2) is 37.2 Å². The molecule has 1 amide bonds. The summed E-state index contributed by atoms with van der Waals surface area (Å²) in [5.41, 5.74) is 1.33. The third-order valence-corrected chi connectivity index (χ3v) is 3.04. The summed E-state index contributed by atoms with van der Waals surface area (Å²) in [5, 5.41) is 0.966. The quantitative estimate of drug-likeness (QED) is 0.812. The molecule has 1 heterocycles. The van der Waals surface area contributed by atoms with Gasteiger partial charge in [0, 0.05) is 19.3 Å². The summed E-state index contributed by atoms with van der Waals surface area (Å²) in [7, 11) is 4.27. The van der Waals surface area contributed by atoms with E-state index < -0.39 is 11.7 Å². The summed E-state index contributed by atoms with van der Waals surface area (Å²) in [5.74, 6) is -0.724. The van der Waals surface area contributed by atoms with Crippen LogP contribution < -0.4 is 4.74 Å². The van der Waals surface area contributed by atoms with E-state index in [1.54, 1.807) is 24.4 Å². The summed E-state index contributed by atoms with van der Waals surface area (Å²) >= 11 is 0. The molecule has 0 aliphatic rings. The van der Waals surface area contributed by atoms with Crippen LogP contribution in [0.25, 0.3) is 11.1 Å². The number of carbonyl (C=O) groups is 1. The number of halogens is 1. The average Bonchev–Trinajstić information content (AvgIpc) is 2.53. The molecule has 110 valence electrons. The lowest BCUT2D eigenvalue weighted by molar-refractivity contribution is -0.0759. The van der Waals surface area contributed by atoms with Gasteiger partial charge >= 0.3 is 0 Å². The highest BCUT2D eigenvalue weighted by Crippen LogP contribution is 2.24. The molecule has 2 aromatic rings. The number of hydroxylamine groups is 2. The zero-order chi connectivity index (χ0) is 15.4. The summed E-state index contributed by atoms with van der Waals surface area (Å²) in [6, 6.07) is 7.81. The number of hydrogen-bond acceptors (Lipinski definition) is 4. The monoisotopic (exact) mass is 290 g/mol. The molecule has 5 nitrogen and oxygen atoms in total. The van der Waals surface area contributed by atoms with Crippen LogP contribution >= 0.6 is 0 Å². The first-order valence-corrected chi connectivity index (χ1v) is 6.19. The smallest absolute Gasteiger partial charge is 0.280 e. The maximum atomic E-state index is 14.1. The summed E-state index contributed by atoms with van der Waals surface area (Å²) in [4.78, 5) is 20.6. The van der Waals surface area contributed by atoms with Crippen molar-refractivity contribution >= 4 is 5.91 Å². The second-order valence-electron chi connectivity index (χ2n) is 4.27. The molecular weight excluding hydrogens is 275 g/mol. The lowest BCUT2D eigenvalue weighted by Gasteiger charge is -2.14. The molecule has 6 heteroatoms. The van der Waals surface area contributed by atoms with E-state index in [9.17, 15) is 9.18 Å². The van der Waals surface area contributed by atoms with Crippen molar-refractivity contribution in [2.24, 2.45) is 0 Å². The predicted molar refractivity (Wildman–Crippen MR) is 75.3 cm³/mol. The number of rotatable bonds is 4. The van der Waals surface area contributed by atoms with Crippen molar-refractivity contribution in [3.63, 3.8) is 0 Å². The molecule has 21 heavy (non-hydrogen) atoms. The number of carbonyl (C=O) groups excluding carboxylic acids is 1. The van der Waals surface area contributed by atoms with Crippen molar-refractivity contribution in [1.82, 2.24) is 10.0 Å². The number of amides is 1. The lowest BCUT2D eigenvalue weighted by Crippen LogP contribution is -2.26. The Labute approximate surface area is 121 Å². The van der Waals surface area contributed by atoms with E-state index in [-0.39, 0.29) is 5.56 Å². The van der Waals surface area contributed by atoms with Gasteiger partial charge in [0.25, 0.3) is 5.91 Å². The fourth-order valence-corrected chi connectivity index (χ4v) is 1.82. The molecule has 0 radical (unpaired) electrons. The molecule has 0 saturated carbocycles. The molecule has 1 aromatic heterocycles. The molecule has 0 unspecified atom stereocenters. The number of hydrogen-bond donors (Lipinski definition) is 0. The van der Waals surface area contributed by atoms with Gasteiger partial charge in [-0.3, -0.25) is 9.63 Å². The molecule has 0 fully saturated rings. The highest BCUT2D eigenvalue weighted by atomic mass is 19.1. The number of nitrogens with zero attached hydrogens (tertiary/aromatic N) is 2. The van der Waals surface area contributed by atoms with Crippen molar-refractivity contribution in [3.8, 4) is 17.0 Å². The van der Waals surface area contributed by atoms with Gasteiger partial charge in [0.15, 0.2) is 0 Å². The third kappa shape index (κ3) is 3.17. The fourth-order valence-electron chi connectivity index (χ4n) is 1.82. The minimum absolute atomic E-state index is 0.0517. The van der Waals surface area contributed by atoms with Crippen LogP contribution in [0.15, 0.2) is 36.5 Å². The van der Waals surface area contributed by atoms with Crippen LogP contribution in [0, 0.1) is 5.82 Å². The molecule has 0 bridgehead atoms. The van der Waals surface area contributed by atoms with Crippen LogP contribution in [0.1, 0.15) is 10.4 Å². The van der Waals surface area contributed by atoms with Crippen molar-refractivity contribution in [2.45, 2.75) is 0 Å². The van der Waals surface area contributed by atoms with Gasteiger partial charge in [-0.2, -0.15) is 0 Å². The van der Waals surface area contributed by atoms with Gasteiger partial charge < -0.3 is 4.74 Å². The Morgan fingerprint density at radius 2 is 1.90 bits per heavy atom. The van der Waals surface area contributed by atoms with Gasteiger partial charge in [-0.05, 0) is 29.3 Å². The van der Waals surface area contributed by atoms with Crippen LogP contribution in [0.5, 0.6) is 5.88 Å². The first-order chi connectivity index (χ1) is 10.1.